The predicted octanol–water partition coefficient (Wildman–Crippen LogP) is 2.06. The highest BCUT2D eigenvalue weighted by atomic mass is 32.1. The van der Waals surface area contributed by atoms with Crippen LogP contribution in [0.5, 0.6) is 0 Å². The highest BCUT2D eigenvalue weighted by Gasteiger charge is 2.17. The number of rotatable bonds is 6. The lowest BCUT2D eigenvalue weighted by molar-refractivity contribution is -0.120. The highest BCUT2D eigenvalue weighted by Crippen LogP contribution is 2.20. The minimum atomic E-state index is 0.0429. The molecule has 2 heterocycles. The molecule has 0 aromatic carbocycles. The Morgan fingerprint density at radius 3 is 2.68 bits per heavy atom. The number of aryl methyl sites for hydroxylation is 2. The molecule has 1 atom stereocenters. The molecule has 0 aliphatic carbocycles. The molecule has 1 amide bonds. The Hall–Kier alpha value is -1.66. The fraction of sp³-hybridized carbons (Fsp3) is 0.500. The van der Waals surface area contributed by atoms with E-state index in [1.54, 1.807) is 11.3 Å². The molecule has 0 aliphatic rings. The molecule has 2 rings (SSSR count). The molecule has 0 unspecified atom stereocenters. The number of carbonyl (C=O) groups is 1. The molecule has 5 nitrogen and oxygen atoms in total. The van der Waals surface area contributed by atoms with Crippen molar-refractivity contribution in [3.05, 3.63) is 39.3 Å². The zero-order valence-electron chi connectivity index (χ0n) is 13.9. The largest absolute Gasteiger partial charge is 0.354 e. The van der Waals surface area contributed by atoms with E-state index >= 15 is 0 Å². The van der Waals surface area contributed by atoms with Crippen LogP contribution in [0.3, 0.4) is 0 Å². The summed E-state index contributed by atoms with van der Waals surface area (Å²) in [6, 6.07) is 2.31. The van der Waals surface area contributed by atoms with Crippen molar-refractivity contribution in [3.63, 3.8) is 0 Å². The average Bonchev–Trinajstić information content (AvgIpc) is 3.04. The van der Waals surface area contributed by atoms with Crippen molar-refractivity contribution >= 4 is 17.2 Å². The molecule has 0 fully saturated rings. The molecule has 2 aromatic rings. The smallest absolute Gasteiger partial charge is 0.224 e. The first-order valence-corrected chi connectivity index (χ1v) is 8.28. The minimum Gasteiger partial charge on any atom is -0.354 e. The number of likely N-dealkylation sites (N-methyl/N-ethyl adjacent to an activating group) is 1. The molecule has 0 radical (unpaired) electrons. The Morgan fingerprint density at radius 1 is 1.45 bits per heavy atom. The van der Waals surface area contributed by atoms with Gasteiger partial charge < -0.3 is 10.2 Å². The average molecular weight is 320 g/mol. The SMILES string of the molecule is Cc1nn(C)c(C)c1CC(=O)NC[C@H](c1ccsc1)N(C)C. The summed E-state index contributed by atoms with van der Waals surface area (Å²) in [5.41, 5.74) is 4.24. The van der Waals surface area contributed by atoms with Gasteiger partial charge >= 0.3 is 0 Å². The summed E-state index contributed by atoms with van der Waals surface area (Å²) >= 11 is 1.68. The van der Waals surface area contributed by atoms with Gasteiger partial charge in [0.1, 0.15) is 0 Å². The van der Waals surface area contributed by atoms with E-state index in [-0.39, 0.29) is 11.9 Å². The van der Waals surface area contributed by atoms with Gasteiger partial charge in [-0.15, -0.1) is 0 Å². The van der Waals surface area contributed by atoms with Gasteiger partial charge in [-0.3, -0.25) is 9.48 Å². The number of amides is 1. The van der Waals surface area contributed by atoms with E-state index in [4.69, 9.17) is 0 Å². The molecular formula is C16H24N4OS. The first kappa shape index (κ1) is 16.7. The van der Waals surface area contributed by atoms with E-state index < -0.39 is 0 Å². The molecule has 0 aliphatic heterocycles. The van der Waals surface area contributed by atoms with E-state index in [1.807, 2.05) is 39.7 Å². The minimum absolute atomic E-state index is 0.0429. The van der Waals surface area contributed by atoms with Crippen LogP contribution in [0, 0.1) is 13.8 Å². The lowest BCUT2D eigenvalue weighted by Gasteiger charge is -2.24. The topological polar surface area (TPSA) is 50.2 Å². The summed E-state index contributed by atoms with van der Waals surface area (Å²) in [6.45, 7) is 4.56. The molecule has 0 spiro atoms. The monoisotopic (exact) mass is 320 g/mol. The van der Waals surface area contributed by atoms with Crippen molar-refractivity contribution in [3.8, 4) is 0 Å². The van der Waals surface area contributed by atoms with E-state index in [0.29, 0.717) is 13.0 Å². The predicted molar refractivity (Wildman–Crippen MR) is 90.1 cm³/mol. The summed E-state index contributed by atoms with van der Waals surface area (Å²) < 4.78 is 1.83. The van der Waals surface area contributed by atoms with Gasteiger partial charge in [-0.05, 0) is 50.3 Å². The number of thiophene rings is 1. The second-order valence-corrected chi connectivity index (χ2v) is 6.57. The van der Waals surface area contributed by atoms with Crippen LogP contribution in [0.15, 0.2) is 16.8 Å². The molecule has 0 saturated heterocycles. The maximum Gasteiger partial charge on any atom is 0.224 e. The van der Waals surface area contributed by atoms with E-state index in [1.165, 1.54) is 5.56 Å². The first-order valence-electron chi connectivity index (χ1n) is 7.34. The fourth-order valence-electron chi connectivity index (χ4n) is 2.57. The lowest BCUT2D eigenvalue weighted by atomic mass is 10.1. The summed E-state index contributed by atoms with van der Waals surface area (Å²) in [5, 5.41) is 11.6. The van der Waals surface area contributed by atoms with Crippen LogP contribution in [-0.4, -0.2) is 41.2 Å². The van der Waals surface area contributed by atoms with E-state index in [2.05, 4.69) is 32.1 Å². The Balaban J connectivity index is 1.97. The number of carbonyl (C=O) groups excluding carboxylic acids is 1. The highest BCUT2D eigenvalue weighted by molar-refractivity contribution is 7.07. The second kappa shape index (κ2) is 7.07. The summed E-state index contributed by atoms with van der Waals surface area (Å²) in [5.74, 6) is 0.0429. The van der Waals surface area contributed by atoms with Crippen molar-refractivity contribution in [2.75, 3.05) is 20.6 Å². The van der Waals surface area contributed by atoms with Crippen molar-refractivity contribution in [2.24, 2.45) is 7.05 Å². The summed E-state index contributed by atoms with van der Waals surface area (Å²) in [7, 11) is 5.97. The van der Waals surface area contributed by atoms with Crippen LogP contribution in [0.1, 0.15) is 28.6 Å². The zero-order valence-corrected chi connectivity index (χ0v) is 14.7. The Bertz CT molecular complexity index is 631. The van der Waals surface area contributed by atoms with Gasteiger partial charge in [0.15, 0.2) is 0 Å². The van der Waals surface area contributed by atoms with Crippen LogP contribution >= 0.6 is 11.3 Å². The molecule has 1 N–H and O–H groups in total. The van der Waals surface area contributed by atoms with Crippen LogP contribution in [0.25, 0.3) is 0 Å². The first-order chi connectivity index (χ1) is 10.4. The van der Waals surface area contributed by atoms with Crippen LogP contribution in [0.2, 0.25) is 0 Å². The van der Waals surface area contributed by atoms with E-state index in [9.17, 15) is 4.79 Å². The normalized spacial score (nSPS) is 12.6. The second-order valence-electron chi connectivity index (χ2n) is 5.79. The third-order valence-corrected chi connectivity index (χ3v) is 4.74. The number of nitrogens with one attached hydrogen (secondary N) is 1. The van der Waals surface area contributed by atoms with Crippen LogP contribution in [0.4, 0.5) is 0 Å². The molecule has 0 bridgehead atoms. The Morgan fingerprint density at radius 2 is 2.18 bits per heavy atom. The third kappa shape index (κ3) is 3.75. The molecule has 22 heavy (non-hydrogen) atoms. The molecular weight excluding hydrogens is 296 g/mol. The van der Waals surface area contributed by atoms with E-state index in [0.717, 1.165) is 17.0 Å². The summed E-state index contributed by atoms with van der Waals surface area (Å²) in [6.07, 6.45) is 0.384. The van der Waals surface area contributed by atoms with Gasteiger partial charge in [0.2, 0.25) is 5.91 Å². The van der Waals surface area contributed by atoms with Gasteiger partial charge in [0.05, 0.1) is 18.2 Å². The molecule has 6 heteroatoms. The van der Waals surface area contributed by atoms with Gasteiger partial charge in [0, 0.05) is 24.8 Å². The van der Waals surface area contributed by atoms with Gasteiger partial charge in [0.25, 0.3) is 0 Å². The summed E-state index contributed by atoms with van der Waals surface area (Å²) in [4.78, 5) is 14.4. The maximum absolute atomic E-state index is 12.3. The molecule has 2 aromatic heterocycles. The van der Waals surface area contributed by atoms with Crippen molar-refractivity contribution in [1.82, 2.24) is 20.0 Å². The lowest BCUT2D eigenvalue weighted by Crippen LogP contribution is -2.35. The standard InChI is InChI=1S/C16H24N4OS/c1-11-14(12(2)20(5)18-11)8-16(21)17-9-15(19(3)4)13-6-7-22-10-13/h6-7,10,15H,8-9H2,1-5H3,(H,17,21)/t15-/m1/s1. The molecule has 0 saturated carbocycles. The number of aromatic nitrogens is 2. The van der Waals surface area contributed by atoms with Crippen LogP contribution < -0.4 is 5.32 Å². The van der Waals surface area contributed by atoms with Crippen molar-refractivity contribution in [2.45, 2.75) is 26.3 Å². The fourth-order valence-corrected chi connectivity index (χ4v) is 3.28. The Kier molecular flexibility index (Phi) is 5.37. The number of hydrogen-bond donors (Lipinski definition) is 1. The quantitative estimate of drug-likeness (QED) is 0.886. The Labute approximate surface area is 135 Å². The number of hydrogen-bond acceptors (Lipinski definition) is 4. The maximum atomic E-state index is 12.3. The molecule has 120 valence electrons. The van der Waals surface area contributed by atoms with Crippen molar-refractivity contribution in [1.29, 1.82) is 0 Å². The zero-order chi connectivity index (χ0) is 16.3. The van der Waals surface area contributed by atoms with Crippen molar-refractivity contribution < 1.29 is 4.79 Å². The third-order valence-electron chi connectivity index (χ3n) is 4.04. The van der Waals surface area contributed by atoms with Crippen LogP contribution in [-0.2, 0) is 18.3 Å². The van der Waals surface area contributed by atoms with Gasteiger partial charge in [-0.2, -0.15) is 16.4 Å². The number of nitrogens with zero attached hydrogens (tertiary/aromatic N) is 3. The van der Waals surface area contributed by atoms with Gasteiger partial charge in [-0.25, -0.2) is 0 Å². The van der Waals surface area contributed by atoms with Gasteiger partial charge in [-0.1, -0.05) is 0 Å².